The van der Waals surface area contributed by atoms with Crippen molar-refractivity contribution in [3.05, 3.63) is 36.2 Å². The smallest absolute Gasteiger partial charge is 0.180 e. The Morgan fingerprint density at radius 1 is 1.23 bits per heavy atom. The molecule has 0 saturated carbocycles. The second kappa shape index (κ2) is 3.11. The summed E-state index contributed by atoms with van der Waals surface area (Å²) < 4.78 is 0. The molecule has 1 aromatic heterocycles. The van der Waals surface area contributed by atoms with Crippen LogP contribution in [0.5, 0.6) is 0 Å². The first kappa shape index (κ1) is 7.56. The molecule has 2 rings (SSSR count). The van der Waals surface area contributed by atoms with Crippen molar-refractivity contribution in [1.82, 2.24) is 15.2 Å². The van der Waals surface area contributed by atoms with E-state index in [1.54, 1.807) is 6.33 Å². The van der Waals surface area contributed by atoms with Crippen LogP contribution < -0.4 is 0 Å². The van der Waals surface area contributed by atoms with E-state index >= 15 is 0 Å². The maximum Gasteiger partial charge on any atom is 0.180 e. The minimum absolute atomic E-state index is 0.684. The minimum Gasteiger partial charge on any atom is -0.265 e. The molecule has 0 spiro atoms. The van der Waals surface area contributed by atoms with Gasteiger partial charge >= 0.3 is 0 Å². The van der Waals surface area contributed by atoms with Crippen molar-refractivity contribution >= 4 is 0 Å². The lowest BCUT2D eigenvalue weighted by atomic mass is 10.1. The molecule has 0 amide bonds. The Balaban J connectivity index is 2.40. The van der Waals surface area contributed by atoms with Crippen molar-refractivity contribution in [3.8, 4) is 23.7 Å². The Morgan fingerprint density at radius 2 is 2.00 bits per heavy atom. The van der Waals surface area contributed by atoms with E-state index < -0.39 is 0 Å². The Labute approximate surface area is 75.8 Å². The van der Waals surface area contributed by atoms with Crippen LogP contribution in [0.4, 0.5) is 0 Å². The Kier molecular flexibility index (Phi) is 1.81. The van der Waals surface area contributed by atoms with Gasteiger partial charge in [-0.1, -0.05) is 5.92 Å². The summed E-state index contributed by atoms with van der Waals surface area (Å²) in [7, 11) is 0. The monoisotopic (exact) mass is 169 g/mol. The summed E-state index contributed by atoms with van der Waals surface area (Å²) in [5.74, 6) is 3.23. The molecule has 2 aromatic rings. The van der Waals surface area contributed by atoms with Crippen molar-refractivity contribution < 1.29 is 0 Å². The summed E-state index contributed by atoms with van der Waals surface area (Å²) in [4.78, 5) is 4.02. The highest BCUT2D eigenvalue weighted by Gasteiger charge is 1.99. The van der Waals surface area contributed by atoms with Gasteiger partial charge in [-0.2, -0.15) is 5.10 Å². The molecule has 3 heteroatoms. The van der Waals surface area contributed by atoms with E-state index in [9.17, 15) is 0 Å². The van der Waals surface area contributed by atoms with E-state index in [0.717, 1.165) is 11.1 Å². The molecular formula is C10H7N3. The SMILES string of the molecule is C#Cc1ccc(-c2nc[nH]n2)cc1. The Hall–Kier alpha value is -2.08. The van der Waals surface area contributed by atoms with Gasteiger partial charge in [0.1, 0.15) is 6.33 Å². The zero-order valence-corrected chi connectivity index (χ0v) is 6.86. The maximum atomic E-state index is 5.23. The molecule has 1 heterocycles. The van der Waals surface area contributed by atoms with Crippen molar-refractivity contribution in [3.63, 3.8) is 0 Å². The molecule has 0 radical (unpaired) electrons. The molecular weight excluding hydrogens is 162 g/mol. The molecule has 0 aliphatic carbocycles. The third-order valence-corrected chi connectivity index (χ3v) is 1.72. The highest BCUT2D eigenvalue weighted by molar-refractivity contribution is 5.55. The van der Waals surface area contributed by atoms with Crippen LogP contribution in [0.25, 0.3) is 11.4 Å². The number of terminal acetylenes is 1. The number of benzene rings is 1. The summed E-state index contributed by atoms with van der Waals surface area (Å²) in [5, 5.41) is 6.61. The highest BCUT2D eigenvalue weighted by atomic mass is 15.2. The zero-order valence-electron chi connectivity index (χ0n) is 6.86. The molecule has 0 atom stereocenters. The van der Waals surface area contributed by atoms with Gasteiger partial charge in [0.15, 0.2) is 5.82 Å². The number of nitrogens with zero attached hydrogens (tertiary/aromatic N) is 2. The number of rotatable bonds is 1. The minimum atomic E-state index is 0.684. The van der Waals surface area contributed by atoms with Crippen molar-refractivity contribution in [2.24, 2.45) is 0 Å². The van der Waals surface area contributed by atoms with Crippen molar-refractivity contribution in [2.45, 2.75) is 0 Å². The van der Waals surface area contributed by atoms with Gasteiger partial charge in [-0.3, -0.25) is 5.10 Å². The fourth-order valence-corrected chi connectivity index (χ4v) is 1.06. The molecule has 0 fully saturated rings. The fraction of sp³-hybridized carbons (Fsp3) is 0. The van der Waals surface area contributed by atoms with Gasteiger partial charge in [0.25, 0.3) is 0 Å². The zero-order chi connectivity index (χ0) is 9.10. The van der Waals surface area contributed by atoms with Gasteiger partial charge in [0.2, 0.25) is 0 Å². The van der Waals surface area contributed by atoms with Crippen LogP contribution in [0.15, 0.2) is 30.6 Å². The molecule has 1 N–H and O–H groups in total. The molecule has 0 unspecified atom stereocenters. The van der Waals surface area contributed by atoms with Gasteiger partial charge in [-0.25, -0.2) is 4.98 Å². The predicted molar refractivity (Wildman–Crippen MR) is 49.8 cm³/mol. The van der Waals surface area contributed by atoms with E-state index in [-0.39, 0.29) is 0 Å². The van der Waals surface area contributed by atoms with E-state index in [1.807, 2.05) is 24.3 Å². The van der Waals surface area contributed by atoms with Gasteiger partial charge in [-0.05, 0) is 24.3 Å². The average Bonchev–Trinajstić information content (AvgIpc) is 2.71. The summed E-state index contributed by atoms with van der Waals surface area (Å²) in [6.07, 6.45) is 6.78. The molecule has 13 heavy (non-hydrogen) atoms. The lowest BCUT2D eigenvalue weighted by molar-refractivity contribution is 1.10. The number of aromatic nitrogens is 3. The van der Waals surface area contributed by atoms with Gasteiger partial charge < -0.3 is 0 Å². The molecule has 1 aromatic carbocycles. The Bertz CT molecular complexity index is 420. The van der Waals surface area contributed by atoms with Crippen LogP contribution in [0.1, 0.15) is 5.56 Å². The molecule has 62 valence electrons. The molecule has 0 bridgehead atoms. The largest absolute Gasteiger partial charge is 0.265 e. The van der Waals surface area contributed by atoms with Crippen LogP contribution in [0, 0.1) is 12.3 Å². The topological polar surface area (TPSA) is 41.6 Å². The molecule has 0 aliphatic heterocycles. The lowest BCUT2D eigenvalue weighted by Crippen LogP contribution is -1.81. The summed E-state index contributed by atoms with van der Waals surface area (Å²) >= 11 is 0. The van der Waals surface area contributed by atoms with Crippen LogP contribution in [0.3, 0.4) is 0 Å². The summed E-state index contributed by atoms with van der Waals surface area (Å²) in [6.45, 7) is 0. The van der Waals surface area contributed by atoms with Crippen LogP contribution in [-0.2, 0) is 0 Å². The van der Waals surface area contributed by atoms with Gasteiger partial charge in [0, 0.05) is 11.1 Å². The van der Waals surface area contributed by atoms with Crippen LogP contribution in [-0.4, -0.2) is 15.2 Å². The highest BCUT2D eigenvalue weighted by Crippen LogP contribution is 2.13. The van der Waals surface area contributed by atoms with Crippen molar-refractivity contribution in [1.29, 1.82) is 0 Å². The van der Waals surface area contributed by atoms with Crippen molar-refractivity contribution in [2.75, 3.05) is 0 Å². The lowest BCUT2D eigenvalue weighted by Gasteiger charge is -1.94. The second-order valence-corrected chi connectivity index (χ2v) is 2.54. The van der Waals surface area contributed by atoms with E-state index in [1.165, 1.54) is 0 Å². The fourth-order valence-electron chi connectivity index (χ4n) is 1.06. The molecule has 0 aliphatic rings. The first-order valence-corrected chi connectivity index (χ1v) is 3.83. The average molecular weight is 169 g/mol. The van der Waals surface area contributed by atoms with E-state index in [0.29, 0.717) is 5.82 Å². The van der Waals surface area contributed by atoms with E-state index in [2.05, 4.69) is 21.1 Å². The number of aromatic amines is 1. The third-order valence-electron chi connectivity index (χ3n) is 1.72. The third kappa shape index (κ3) is 1.42. The quantitative estimate of drug-likeness (QED) is 0.656. The molecule has 0 saturated heterocycles. The summed E-state index contributed by atoms with van der Waals surface area (Å²) in [6, 6.07) is 7.54. The maximum absolute atomic E-state index is 5.23. The molecule has 3 nitrogen and oxygen atoms in total. The van der Waals surface area contributed by atoms with Crippen LogP contribution >= 0.6 is 0 Å². The number of nitrogens with one attached hydrogen (secondary N) is 1. The normalized spacial score (nSPS) is 9.46. The van der Waals surface area contributed by atoms with E-state index in [4.69, 9.17) is 6.42 Å². The number of H-pyrrole nitrogens is 1. The number of hydrogen-bond acceptors (Lipinski definition) is 2. The second-order valence-electron chi connectivity index (χ2n) is 2.54. The van der Waals surface area contributed by atoms with Gasteiger partial charge in [-0.15, -0.1) is 6.42 Å². The first-order valence-electron chi connectivity index (χ1n) is 3.83. The standard InChI is InChI=1S/C10H7N3/c1-2-8-3-5-9(6-4-8)10-11-7-12-13-10/h1,3-7H,(H,11,12,13). The summed E-state index contributed by atoms with van der Waals surface area (Å²) in [5.41, 5.74) is 1.82. The van der Waals surface area contributed by atoms with Crippen LogP contribution in [0.2, 0.25) is 0 Å². The number of hydrogen-bond donors (Lipinski definition) is 1. The van der Waals surface area contributed by atoms with Gasteiger partial charge in [0.05, 0.1) is 0 Å². The predicted octanol–water partition coefficient (Wildman–Crippen LogP) is 1.45. The first-order chi connectivity index (χ1) is 6.40. The Morgan fingerprint density at radius 3 is 2.54 bits per heavy atom.